The molecule has 0 bridgehead atoms. The van der Waals surface area contributed by atoms with Crippen LogP contribution in [0.1, 0.15) is 11.4 Å². The first-order valence-electron chi connectivity index (χ1n) is 6.86. The number of rotatable bonds is 2. The molecule has 118 valence electrons. The third-order valence-electron chi connectivity index (χ3n) is 3.43. The fourth-order valence-corrected chi connectivity index (χ4v) is 2.88. The molecule has 0 radical (unpaired) electrons. The molecule has 0 amide bonds. The van der Waals surface area contributed by atoms with E-state index in [0.717, 1.165) is 0 Å². The van der Waals surface area contributed by atoms with Crippen LogP contribution in [-0.2, 0) is 0 Å². The Labute approximate surface area is 147 Å². The van der Waals surface area contributed by atoms with Gasteiger partial charge >= 0.3 is 0 Å². The maximum atomic E-state index is 13.3. The molecule has 0 aliphatic carbocycles. The number of nitriles is 1. The van der Waals surface area contributed by atoms with Crippen LogP contribution in [0, 0.1) is 24.1 Å². The van der Waals surface area contributed by atoms with E-state index < -0.39 is 0 Å². The highest BCUT2D eigenvalue weighted by Crippen LogP contribution is 2.38. The van der Waals surface area contributed by atoms with Crippen molar-refractivity contribution in [3.8, 4) is 28.5 Å². The van der Waals surface area contributed by atoms with Crippen molar-refractivity contribution in [2.24, 2.45) is 0 Å². The molecule has 3 aromatic rings. The molecule has 2 heterocycles. The van der Waals surface area contributed by atoms with Gasteiger partial charge < -0.3 is 0 Å². The fraction of sp³-hybridized carbons (Fsp3) is 0.0588. The highest BCUT2D eigenvalue weighted by Gasteiger charge is 2.21. The molecular formula is C17H9Cl2FN4. The zero-order valence-corrected chi connectivity index (χ0v) is 13.9. The van der Waals surface area contributed by atoms with Gasteiger partial charge in [0.15, 0.2) is 5.69 Å². The lowest BCUT2D eigenvalue weighted by atomic mass is 9.95. The second-order valence-electron chi connectivity index (χ2n) is 4.99. The number of nitrogens with zero attached hydrogens (tertiary/aromatic N) is 4. The maximum Gasteiger partial charge on any atom is 0.173 e. The molecule has 3 rings (SSSR count). The van der Waals surface area contributed by atoms with Crippen LogP contribution >= 0.6 is 23.2 Å². The molecule has 2 aromatic heterocycles. The zero-order chi connectivity index (χ0) is 17.3. The van der Waals surface area contributed by atoms with Gasteiger partial charge in [-0.3, -0.25) is 4.98 Å². The largest absolute Gasteiger partial charge is 0.253 e. The van der Waals surface area contributed by atoms with Gasteiger partial charge in [0.05, 0.1) is 21.4 Å². The predicted octanol–water partition coefficient (Wildman–Crippen LogP) is 4.83. The first kappa shape index (κ1) is 16.3. The van der Waals surface area contributed by atoms with Gasteiger partial charge in [0.2, 0.25) is 0 Å². The van der Waals surface area contributed by atoms with Crippen LogP contribution in [0.4, 0.5) is 4.39 Å². The minimum absolute atomic E-state index is 0.0802. The number of aryl methyl sites for hydroxylation is 1. The molecule has 0 fully saturated rings. The van der Waals surface area contributed by atoms with Gasteiger partial charge in [-0.15, -0.1) is 5.10 Å². The Morgan fingerprint density at radius 3 is 2.42 bits per heavy atom. The van der Waals surface area contributed by atoms with Crippen molar-refractivity contribution in [2.45, 2.75) is 6.92 Å². The molecular weight excluding hydrogens is 350 g/mol. The molecule has 0 N–H and O–H groups in total. The summed E-state index contributed by atoms with van der Waals surface area (Å²) in [6.45, 7) is 1.75. The van der Waals surface area contributed by atoms with E-state index in [9.17, 15) is 9.65 Å². The standard InChI is InChI=1S/C17H9Cl2FN4/c1-9-15(10-2-4-12(20)5-3-10)16(14(7-21)24-23-9)17-13(19)6-11(18)8-22-17/h2-6,8H,1H3. The van der Waals surface area contributed by atoms with E-state index in [1.807, 2.05) is 6.07 Å². The maximum absolute atomic E-state index is 13.3. The van der Waals surface area contributed by atoms with Crippen LogP contribution in [0.25, 0.3) is 22.4 Å². The van der Waals surface area contributed by atoms with Gasteiger partial charge in [-0.2, -0.15) is 10.4 Å². The lowest BCUT2D eigenvalue weighted by molar-refractivity contribution is 0.628. The summed E-state index contributed by atoms with van der Waals surface area (Å²) in [5.41, 5.74) is 2.77. The third kappa shape index (κ3) is 2.94. The Hall–Kier alpha value is -2.55. The smallest absolute Gasteiger partial charge is 0.173 e. The highest BCUT2D eigenvalue weighted by atomic mass is 35.5. The van der Waals surface area contributed by atoms with Crippen LogP contribution in [-0.4, -0.2) is 15.2 Å². The Bertz CT molecular complexity index is 966. The van der Waals surface area contributed by atoms with Crippen molar-refractivity contribution in [2.75, 3.05) is 0 Å². The van der Waals surface area contributed by atoms with Gasteiger partial charge in [-0.25, -0.2) is 4.39 Å². The van der Waals surface area contributed by atoms with Crippen LogP contribution in [0.15, 0.2) is 36.5 Å². The fourth-order valence-electron chi connectivity index (χ4n) is 2.40. The minimum Gasteiger partial charge on any atom is -0.253 e. The summed E-state index contributed by atoms with van der Waals surface area (Å²) in [5, 5.41) is 18.0. The Morgan fingerprint density at radius 2 is 1.79 bits per heavy atom. The molecule has 0 aliphatic rings. The van der Waals surface area contributed by atoms with Crippen molar-refractivity contribution in [3.05, 3.63) is 63.8 Å². The van der Waals surface area contributed by atoms with Crippen molar-refractivity contribution in [1.29, 1.82) is 5.26 Å². The van der Waals surface area contributed by atoms with Crippen LogP contribution in [0.2, 0.25) is 10.0 Å². The van der Waals surface area contributed by atoms with Gasteiger partial charge in [0.1, 0.15) is 11.9 Å². The van der Waals surface area contributed by atoms with E-state index in [4.69, 9.17) is 23.2 Å². The molecule has 24 heavy (non-hydrogen) atoms. The third-order valence-corrected chi connectivity index (χ3v) is 3.93. The second-order valence-corrected chi connectivity index (χ2v) is 5.83. The average Bonchev–Trinajstić information content (AvgIpc) is 2.56. The number of hydrogen-bond donors (Lipinski definition) is 0. The van der Waals surface area contributed by atoms with Crippen molar-refractivity contribution < 1.29 is 4.39 Å². The van der Waals surface area contributed by atoms with E-state index in [0.29, 0.717) is 33.1 Å². The molecule has 0 spiro atoms. The molecule has 4 nitrogen and oxygen atoms in total. The summed E-state index contributed by atoms with van der Waals surface area (Å²) in [7, 11) is 0. The second kappa shape index (κ2) is 6.52. The van der Waals surface area contributed by atoms with Crippen molar-refractivity contribution >= 4 is 23.2 Å². The highest BCUT2D eigenvalue weighted by molar-refractivity contribution is 6.36. The van der Waals surface area contributed by atoms with Gasteiger partial charge in [0.25, 0.3) is 0 Å². The van der Waals surface area contributed by atoms with E-state index in [1.165, 1.54) is 24.4 Å². The summed E-state index contributed by atoms with van der Waals surface area (Å²) in [5.74, 6) is -0.358. The Morgan fingerprint density at radius 1 is 1.08 bits per heavy atom. The zero-order valence-electron chi connectivity index (χ0n) is 12.4. The monoisotopic (exact) mass is 358 g/mol. The molecule has 0 saturated carbocycles. The summed E-state index contributed by atoms with van der Waals surface area (Å²) in [6, 6.07) is 9.42. The first-order chi connectivity index (χ1) is 11.5. The van der Waals surface area contributed by atoms with Crippen LogP contribution in [0.3, 0.4) is 0 Å². The van der Waals surface area contributed by atoms with Crippen molar-refractivity contribution in [1.82, 2.24) is 15.2 Å². The van der Waals surface area contributed by atoms with Crippen LogP contribution < -0.4 is 0 Å². The van der Waals surface area contributed by atoms with Gasteiger partial charge in [0, 0.05) is 17.3 Å². The van der Waals surface area contributed by atoms with E-state index in [2.05, 4.69) is 15.2 Å². The molecule has 1 aromatic carbocycles. The van der Waals surface area contributed by atoms with Crippen molar-refractivity contribution in [3.63, 3.8) is 0 Å². The molecule has 7 heteroatoms. The number of pyridine rings is 1. The summed E-state index contributed by atoms with van der Waals surface area (Å²) in [6.07, 6.45) is 1.44. The van der Waals surface area contributed by atoms with E-state index >= 15 is 0 Å². The number of hydrogen-bond acceptors (Lipinski definition) is 4. The van der Waals surface area contributed by atoms with E-state index in [1.54, 1.807) is 19.1 Å². The van der Waals surface area contributed by atoms with E-state index in [-0.39, 0.29) is 16.5 Å². The minimum atomic E-state index is -0.358. The quantitative estimate of drug-likeness (QED) is 0.657. The molecule has 0 unspecified atom stereocenters. The van der Waals surface area contributed by atoms with Crippen LogP contribution in [0.5, 0.6) is 0 Å². The molecule has 0 atom stereocenters. The Kier molecular flexibility index (Phi) is 4.43. The molecule has 0 saturated heterocycles. The summed E-state index contributed by atoms with van der Waals surface area (Å²) in [4.78, 5) is 4.24. The topological polar surface area (TPSA) is 62.5 Å². The lowest BCUT2D eigenvalue weighted by Gasteiger charge is -2.13. The Balaban J connectivity index is 2.37. The number of benzene rings is 1. The average molecular weight is 359 g/mol. The van der Waals surface area contributed by atoms with Gasteiger partial charge in [-0.1, -0.05) is 35.3 Å². The van der Waals surface area contributed by atoms with Gasteiger partial charge in [-0.05, 0) is 30.7 Å². The number of aromatic nitrogens is 3. The molecule has 0 aliphatic heterocycles. The SMILES string of the molecule is Cc1nnc(C#N)c(-c2ncc(Cl)cc2Cl)c1-c1ccc(F)cc1. The normalized spacial score (nSPS) is 10.5. The lowest BCUT2D eigenvalue weighted by Crippen LogP contribution is -2.02. The summed E-state index contributed by atoms with van der Waals surface area (Å²) >= 11 is 12.2. The summed E-state index contributed by atoms with van der Waals surface area (Å²) < 4.78 is 13.3. The number of halogens is 3. The predicted molar refractivity (Wildman–Crippen MR) is 90.1 cm³/mol. The first-order valence-corrected chi connectivity index (χ1v) is 7.61.